The van der Waals surface area contributed by atoms with Crippen LogP contribution in [0.4, 0.5) is 0 Å². The van der Waals surface area contributed by atoms with Gasteiger partial charge in [-0.25, -0.2) is 4.98 Å². The molecule has 0 unspecified atom stereocenters. The molecule has 0 aliphatic carbocycles. The molecule has 2 aromatic rings. The van der Waals surface area contributed by atoms with Gasteiger partial charge in [-0.05, 0) is 19.1 Å². The Morgan fingerprint density at radius 2 is 2.32 bits per heavy atom. The SMILES string of the molecule is C=CCn1c(SCC(=O)NCC)nc2ccccc21. The van der Waals surface area contributed by atoms with E-state index in [9.17, 15) is 4.79 Å². The highest BCUT2D eigenvalue weighted by atomic mass is 32.2. The van der Waals surface area contributed by atoms with Crippen LogP contribution in [0.5, 0.6) is 0 Å². The Hall–Kier alpha value is -1.75. The number of nitrogens with one attached hydrogen (secondary N) is 1. The molecule has 100 valence electrons. The van der Waals surface area contributed by atoms with Crippen LogP contribution in [-0.4, -0.2) is 27.8 Å². The molecule has 0 aliphatic heterocycles. The first kappa shape index (κ1) is 13.7. The van der Waals surface area contributed by atoms with Crippen LogP contribution in [0, 0.1) is 0 Å². The Morgan fingerprint density at radius 1 is 1.53 bits per heavy atom. The molecule has 0 fully saturated rings. The summed E-state index contributed by atoms with van der Waals surface area (Å²) in [6, 6.07) is 7.96. The van der Waals surface area contributed by atoms with E-state index in [0.717, 1.165) is 16.2 Å². The molecule has 5 heteroatoms. The maximum atomic E-state index is 11.5. The molecule has 0 radical (unpaired) electrons. The standard InChI is InChI=1S/C14H17N3OS/c1-3-9-17-12-8-6-5-7-11(12)16-14(17)19-10-13(18)15-4-2/h3,5-8H,1,4,9-10H2,2H3,(H,15,18). The van der Waals surface area contributed by atoms with Crippen molar-refractivity contribution < 1.29 is 4.79 Å². The highest BCUT2D eigenvalue weighted by Crippen LogP contribution is 2.23. The molecule has 4 nitrogen and oxygen atoms in total. The lowest BCUT2D eigenvalue weighted by atomic mass is 10.3. The number of hydrogen-bond donors (Lipinski definition) is 1. The van der Waals surface area contributed by atoms with E-state index in [2.05, 4.69) is 21.4 Å². The summed E-state index contributed by atoms with van der Waals surface area (Å²) in [5.74, 6) is 0.415. The summed E-state index contributed by atoms with van der Waals surface area (Å²) >= 11 is 1.45. The average Bonchev–Trinajstić information content (AvgIpc) is 2.76. The largest absolute Gasteiger partial charge is 0.356 e. The minimum atomic E-state index is 0.0321. The lowest BCUT2D eigenvalue weighted by Gasteiger charge is -2.05. The van der Waals surface area contributed by atoms with Gasteiger partial charge in [0, 0.05) is 13.1 Å². The molecule has 1 amide bonds. The van der Waals surface area contributed by atoms with Crippen molar-refractivity contribution in [1.82, 2.24) is 14.9 Å². The molecule has 1 aromatic heterocycles. The molecule has 0 saturated heterocycles. The van der Waals surface area contributed by atoms with Gasteiger partial charge in [0.2, 0.25) is 5.91 Å². The number of para-hydroxylation sites is 2. The van der Waals surface area contributed by atoms with Crippen molar-refractivity contribution in [3.63, 3.8) is 0 Å². The Bertz CT molecular complexity index is 591. The zero-order valence-electron chi connectivity index (χ0n) is 10.9. The number of imidazole rings is 1. The predicted molar refractivity (Wildman–Crippen MR) is 79.3 cm³/mol. The quantitative estimate of drug-likeness (QED) is 0.650. The fourth-order valence-electron chi connectivity index (χ4n) is 1.85. The highest BCUT2D eigenvalue weighted by molar-refractivity contribution is 7.99. The van der Waals surface area contributed by atoms with E-state index >= 15 is 0 Å². The number of thioether (sulfide) groups is 1. The van der Waals surface area contributed by atoms with E-state index in [0.29, 0.717) is 18.8 Å². The maximum absolute atomic E-state index is 11.5. The summed E-state index contributed by atoms with van der Waals surface area (Å²) in [4.78, 5) is 16.1. The molecule has 0 spiro atoms. The summed E-state index contributed by atoms with van der Waals surface area (Å²) in [5.41, 5.74) is 2.02. The lowest BCUT2D eigenvalue weighted by molar-refractivity contribution is -0.118. The summed E-state index contributed by atoms with van der Waals surface area (Å²) in [5, 5.41) is 3.64. The van der Waals surface area contributed by atoms with E-state index < -0.39 is 0 Å². The molecule has 19 heavy (non-hydrogen) atoms. The van der Waals surface area contributed by atoms with Crippen LogP contribution in [-0.2, 0) is 11.3 Å². The fourth-order valence-corrected chi connectivity index (χ4v) is 2.70. The number of fused-ring (bicyclic) bond motifs is 1. The van der Waals surface area contributed by atoms with Crippen molar-refractivity contribution in [2.45, 2.75) is 18.6 Å². The van der Waals surface area contributed by atoms with Gasteiger partial charge >= 0.3 is 0 Å². The zero-order valence-corrected chi connectivity index (χ0v) is 11.7. The fraction of sp³-hybridized carbons (Fsp3) is 0.286. The third kappa shape index (κ3) is 3.17. The summed E-state index contributed by atoms with van der Waals surface area (Å²) in [7, 11) is 0. The van der Waals surface area contributed by atoms with Gasteiger partial charge in [0.1, 0.15) is 0 Å². The van der Waals surface area contributed by atoms with Gasteiger partial charge in [-0.3, -0.25) is 4.79 Å². The number of allylic oxidation sites excluding steroid dienone is 1. The Morgan fingerprint density at radius 3 is 3.05 bits per heavy atom. The number of carbonyl (C=O) groups is 1. The number of rotatable bonds is 6. The smallest absolute Gasteiger partial charge is 0.230 e. The van der Waals surface area contributed by atoms with Gasteiger partial charge < -0.3 is 9.88 Å². The lowest BCUT2D eigenvalue weighted by Crippen LogP contribution is -2.24. The summed E-state index contributed by atoms with van der Waals surface area (Å²) in [6.45, 7) is 7.03. The minimum absolute atomic E-state index is 0.0321. The molecule has 0 atom stereocenters. The van der Waals surface area contributed by atoms with E-state index in [-0.39, 0.29) is 5.91 Å². The summed E-state index contributed by atoms with van der Waals surface area (Å²) < 4.78 is 2.08. The average molecular weight is 275 g/mol. The van der Waals surface area contributed by atoms with Crippen LogP contribution in [0.1, 0.15) is 6.92 Å². The maximum Gasteiger partial charge on any atom is 0.230 e. The molecule has 2 rings (SSSR count). The predicted octanol–water partition coefficient (Wildman–Crippen LogP) is 2.45. The molecular weight excluding hydrogens is 258 g/mol. The molecule has 1 heterocycles. The Balaban J connectivity index is 2.23. The number of carbonyl (C=O) groups excluding carboxylic acids is 1. The topological polar surface area (TPSA) is 46.9 Å². The third-order valence-corrected chi connectivity index (χ3v) is 3.61. The highest BCUT2D eigenvalue weighted by Gasteiger charge is 2.11. The van der Waals surface area contributed by atoms with Crippen molar-refractivity contribution >= 4 is 28.7 Å². The Kier molecular flexibility index (Phi) is 4.63. The number of hydrogen-bond acceptors (Lipinski definition) is 3. The van der Waals surface area contributed by atoms with Gasteiger partial charge in [-0.1, -0.05) is 30.0 Å². The van der Waals surface area contributed by atoms with Crippen LogP contribution in [0.3, 0.4) is 0 Å². The molecular formula is C14H17N3OS. The van der Waals surface area contributed by atoms with E-state index in [1.165, 1.54) is 11.8 Å². The monoisotopic (exact) mass is 275 g/mol. The normalized spacial score (nSPS) is 10.6. The molecule has 1 N–H and O–H groups in total. The molecule has 1 aromatic carbocycles. The van der Waals surface area contributed by atoms with Gasteiger partial charge in [0.15, 0.2) is 5.16 Å². The first-order valence-electron chi connectivity index (χ1n) is 6.22. The van der Waals surface area contributed by atoms with Crippen LogP contribution >= 0.6 is 11.8 Å². The second-order valence-corrected chi connectivity index (χ2v) is 4.97. The second kappa shape index (κ2) is 6.43. The van der Waals surface area contributed by atoms with Crippen molar-refractivity contribution in [2.75, 3.05) is 12.3 Å². The first-order valence-corrected chi connectivity index (χ1v) is 7.20. The zero-order chi connectivity index (χ0) is 13.7. The van der Waals surface area contributed by atoms with Crippen LogP contribution in [0.2, 0.25) is 0 Å². The first-order chi connectivity index (χ1) is 9.26. The van der Waals surface area contributed by atoms with Gasteiger partial charge in [0.25, 0.3) is 0 Å². The minimum Gasteiger partial charge on any atom is -0.356 e. The van der Waals surface area contributed by atoms with Gasteiger partial charge in [-0.15, -0.1) is 6.58 Å². The van der Waals surface area contributed by atoms with Crippen LogP contribution < -0.4 is 5.32 Å². The number of nitrogens with zero attached hydrogens (tertiary/aromatic N) is 2. The van der Waals surface area contributed by atoms with Crippen molar-refractivity contribution in [2.24, 2.45) is 0 Å². The molecule has 0 aliphatic rings. The van der Waals surface area contributed by atoms with Crippen molar-refractivity contribution in [3.8, 4) is 0 Å². The number of benzene rings is 1. The van der Waals surface area contributed by atoms with Crippen molar-refractivity contribution in [3.05, 3.63) is 36.9 Å². The van der Waals surface area contributed by atoms with Gasteiger partial charge in [-0.2, -0.15) is 0 Å². The Labute approximate surface area is 116 Å². The van der Waals surface area contributed by atoms with Crippen LogP contribution in [0.25, 0.3) is 11.0 Å². The van der Waals surface area contributed by atoms with E-state index in [4.69, 9.17) is 0 Å². The van der Waals surface area contributed by atoms with Crippen molar-refractivity contribution in [1.29, 1.82) is 0 Å². The van der Waals surface area contributed by atoms with Gasteiger partial charge in [0.05, 0.1) is 16.8 Å². The number of amides is 1. The van der Waals surface area contributed by atoms with E-state index in [1.807, 2.05) is 37.3 Å². The van der Waals surface area contributed by atoms with E-state index in [1.54, 1.807) is 0 Å². The molecule has 0 saturated carbocycles. The van der Waals surface area contributed by atoms with Crippen LogP contribution in [0.15, 0.2) is 42.1 Å². The molecule has 0 bridgehead atoms. The second-order valence-electron chi connectivity index (χ2n) is 4.02. The number of aromatic nitrogens is 2. The summed E-state index contributed by atoms with van der Waals surface area (Å²) in [6.07, 6.45) is 1.84. The third-order valence-electron chi connectivity index (χ3n) is 2.64.